The van der Waals surface area contributed by atoms with Crippen LogP contribution in [0.5, 0.6) is 0 Å². The van der Waals surface area contributed by atoms with E-state index in [1.165, 1.54) is 36.0 Å². The highest BCUT2D eigenvalue weighted by molar-refractivity contribution is 5.29. The average molecular weight is 273 g/mol. The van der Waals surface area contributed by atoms with Crippen molar-refractivity contribution in [2.45, 2.75) is 66.5 Å². The third-order valence-corrected chi connectivity index (χ3v) is 5.16. The minimum Gasteiger partial charge on any atom is -0.310 e. The van der Waals surface area contributed by atoms with Crippen LogP contribution in [0.3, 0.4) is 0 Å². The van der Waals surface area contributed by atoms with Gasteiger partial charge in [0.15, 0.2) is 0 Å². The van der Waals surface area contributed by atoms with E-state index in [1.807, 2.05) is 0 Å². The van der Waals surface area contributed by atoms with E-state index in [2.05, 4.69) is 58.1 Å². The van der Waals surface area contributed by atoms with Crippen LogP contribution in [-0.2, 0) is 6.54 Å². The molecule has 1 fully saturated rings. The summed E-state index contributed by atoms with van der Waals surface area (Å²) in [5.41, 5.74) is 4.22. The van der Waals surface area contributed by atoms with Crippen LogP contribution >= 0.6 is 0 Å². The first kappa shape index (κ1) is 15.6. The maximum absolute atomic E-state index is 3.85. The molecular weight excluding hydrogens is 242 g/mol. The zero-order valence-electron chi connectivity index (χ0n) is 13.9. The molecule has 1 aliphatic carbocycles. The van der Waals surface area contributed by atoms with Crippen molar-refractivity contribution >= 4 is 0 Å². The highest BCUT2D eigenvalue weighted by Crippen LogP contribution is 2.33. The van der Waals surface area contributed by atoms with Crippen molar-refractivity contribution in [3.05, 3.63) is 34.9 Å². The van der Waals surface area contributed by atoms with Crippen LogP contribution in [0.25, 0.3) is 0 Å². The van der Waals surface area contributed by atoms with Crippen LogP contribution in [0.15, 0.2) is 18.2 Å². The summed E-state index contributed by atoms with van der Waals surface area (Å²) >= 11 is 0. The van der Waals surface area contributed by atoms with Gasteiger partial charge < -0.3 is 5.32 Å². The molecule has 0 amide bonds. The molecule has 1 nitrogen and oxygen atoms in total. The van der Waals surface area contributed by atoms with E-state index in [9.17, 15) is 0 Å². The first-order valence-corrected chi connectivity index (χ1v) is 8.27. The molecule has 0 aromatic heterocycles. The van der Waals surface area contributed by atoms with Crippen LogP contribution in [0.1, 0.15) is 56.7 Å². The normalized spacial score (nSPS) is 27.0. The second-order valence-electron chi connectivity index (χ2n) is 7.23. The quantitative estimate of drug-likeness (QED) is 0.826. The van der Waals surface area contributed by atoms with Crippen LogP contribution < -0.4 is 5.32 Å². The lowest BCUT2D eigenvalue weighted by Crippen LogP contribution is -2.42. The van der Waals surface area contributed by atoms with Crippen molar-refractivity contribution in [3.8, 4) is 0 Å². The molecule has 1 aromatic carbocycles. The molecule has 0 bridgehead atoms. The lowest BCUT2D eigenvalue weighted by molar-refractivity contribution is 0.169. The highest BCUT2D eigenvalue weighted by Gasteiger charge is 2.30. The van der Waals surface area contributed by atoms with Gasteiger partial charge in [0.25, 0.3) is 0 Å². The van der Waals surface area contributed by atoms with E-state index in [0.717, 1.165) is 24.3 Å². The summed E-state index contributed by atoms with van der Waals surface area (Å²) in [6.45, 7) is 12.6. The Morgan fingerprint density at radius 3 is 2.55 bits per heavy atom. The van der Waals surface area contributed by atoms with Crippen LogP contribution in [0.2, 0.25) is 0 Å². The van der Waals surface area contributed by atoms with Crippen molar-refractivity contribution in [2.24, 2.45) is 17.8 Å². The monoisotopic (exact) mass is 273 g/mol. The van der Waals surface area contributed by atoms with E-state index >= 15 is 0 Å². The molecule has 20 heavy (non-hydrogen) atoms. The summed E-state index contributed by atoms with van der Waals surface area (Å²) in [6, 6.07) is 7.54. The molecule has 0 spiro atoms. The van der Waals surface area contributed by atoms with E-state index < -0.39 is 0 Å². The lowest BCUT2D eigenvalue weighted by atomic mass is 9.74. The van der Waals surface area contributed by atoms with Crippen molar-refractivity contribution in [3.63, 3.8) is 0 Å². The molecule has 112 valence electrons. The Balaban J connectivity index is 1.98. The Morgan fingerprint density at radius 1 is 1.15 bits per heavy atom. The minimum atomic E-state index is 0.695. The second-order valence-corrected chi connectivity index (χ2v) is 7.23. The number of hydrogen-bond donors (Lipinski definition) is 1. The number of rotatable bonds is 4. The summed E-state index contributed by atoms with van der Waals surface area (Å²) < 4.78 is 0. The molecule has 3 unspecified atom stereocenters. The number of aryl methyl sites for hydroxylation is 2. The standard InChI is InChI=1S/C19H31N/c1-13(2)18-9-6-14(3)10-19(18)20-12-17-8-7-15(4)16(5)11-17/h7-8,11,13-14,18-20H,6,9-10,12H2,1-5H3. The Bertz CT molecular complexity index is 435. The van der Waals surface area contributed by atoms with Crippen LogP contribution in [0.4, 0.5) is 0 Å². The maximum atomic E-state index is 3.85. The molecule has 1 aliphatic rings. The van der Waals surface area contributed by atoms with Crippen molar-refractivity contribution in [2.75, 3.05) is 0 Å². The maximum Gasteiger partial charge on any atom is 0.0208 e. The van der Waals surface area contributed by atoms with E-state index in [4.69, 9.17) is 0 Å². The van der Waals surface area contributed by atoms with Gasteiger partial charge in [-0.25, -0.2) is 0 Å². The number of hydrogen-bond acceptors (Lipinski definition) is 1. The van der Waals surface area contributed by atoms with Gasteiger partial charge in [-0.15, -0.1) is 0 Å². The van der Waals surface area contributed by atoms with Gasteiger partial charge in [0.1, 0.15) is 0 Å². The Labute approximate surface area is 125 Å². The fourth-order valence-electron chi connectivity index (χ4n) is 3.60. The number of benzene rings is 1. The van der Waals surface area contributed by atoms with Crippen molar-refractivity contribution in [1.82, 2.24) is 5.32 Å². The van der Waals surface area contributed by atoms with Gasteiger partial charge in [-0.1, -0.05) is 45.4 Å². The van der Waals surface area contributed by atoms with E-state index in [-0.39, 0.29) is 0 Å². The van der Waals surface area contributed by atoms with Gasteiger partial charge in [-0.05, 0) is 61.1 Å². The lowest BCUT2D eigenvalue weighted by Gasteiger charge is -2.38. The van der Waals surface area contributed by atoms with Crippen LogP contribution in [-0.4, -0.2) is 6.04 Å². The molecule has 0 saturated heterocycles. The van der Waals surface area contributed by atoms with Gasteiger partial charge in [0.2, 0.25) is 0 Å². The van der Waals surface area contributed by atoms with Gasteiger partial charge in [0, 0.05) is 12.6 Å². The summed E-state index contributed by atoms with van der Waals surface area (Å²) in [4.78, 5) is 0. The molecule has 2 rings (SSSR count). The predicted molar refractivity (Wildman–Crippen MR) is 87.9 cm³/mol. The van der Waals surface area contributed by atoms with Gasteiger partial charge in [-0.2, -0.15) is 0 Å². The van der Waals surface area contributed by atoms with Gasteiger partial charge >= 0.3 is 0 Å². The second kappa shape index (κ2) is 6.76. The molecule has 1 aromatic rings. The van der Waals surface area contributed by atoms with Crippen molar-refractivity contribution in [1.29, 1.82) is 0 Å². The molecule has 1 N–H and O–H groups in total. The number of nitrogens with one attached hydrogen (secondary N) is 1. The zero-order chi connectivity index (χ0) is 14.7. The fourth-order valence-corrected chi connectivity index (χ4v) is 3.60. The first-order chi connectivity index (χ1) is 9.47. The Morgan fingerprint density at radius 2 is 1.90 bits per heavy atom. The zero-order valence-corrected chi connectivity index (χ0v) is 13.9. The molecule has 1 heteroatoms. The summed E-state index contributed by atoms with van der Waals surface area (Å²) in [5, 5.41) is 3.85. The summed E-state index contributed by atoms with van der Waals surface area (Å²) in [7, 11) is 0. The van der Waals surface area contributed by atoms with Gasteiger partial charge in [-0.3, -0.25) is 0 Å². The summed E-state index contributed by atoms with van der Waals surface area (Å²) in [6.07, 6.45) is 4.14. The average Bonchev–Trinajstić information content (AvgIpc) is 2.40. The van der Waals surface area contributed by atoms with E-state index in [0.29, 0.717) is 6.04 Å². The van der Waals surface area contributed by atoms with Gasteiger partial charge in [0.05, 0.1) is 0 Å². The molecule has 0 aliphatic heterocycles. The smallest absolute Gasteiger partial charge is 0.0208 e. The molecule has 0 heterocycles. The van der Waals surface area contributed by atoms with Crippen LogP contribution in [0, 0.1) is 31.6 Å². The molecule has 0 radical (unpaired) electrons. The molecule has 1 saturated carbocycles. The third-order valence-electron chi connectivity index (χ3n) is 5.16. The fraction of sp³-hybridized carbons (Fsp3) is 0.684. The summed E-state index contributed by atoms with van der Waals surface area (Å²) in [5.74, 6) is 2.51. The third kappa shape index (κ3) is 3.85. The van der Waals surface area contributed by atoms with E-state index in [1.54, 1.807) is 0 Å². The predicted octanol–water partition coefficient (Wildman–Crippen LogP) is 4.85. The Hall–Kier alpha value is -0.820. The Kier molecular flexibility index (Phi) is 5.26. The van der Waals surface area contributed by atoms with Crippen molar-refractivity contribution < 1.29 is 0 Å². The SMILES string of the molecule is Cc1ccc(CNC2CC(C)CCC2C(C)C)cc1C. The topological polar surface area (TPSA) is 12.0 Å². The molecular formula is C19H31N. The minimum absolute atomic E-state index is 0.695. The highest BCUT2D eigenvalue weighted by atomic mass is 14.9. The first-order valence-electron chi connectivity index (χ1n) is 8.27. The largest absolute Gasteiger partial charge is 0.310 e. The molecule has 3 atom stereocenters.